The monoisotopic (exact) mass is 258 g/mol. The molecule has 0 radical (unpaired) electrons. The topological polar surface area (TPSA) is 9.23 Å². The van der Waals surface area contributed by atoms with Crippen molar-refractivity contribution in [1.82, 2.24) is 0 Å². The van der Waals surface area contributed by atoms with E-state index in [9.17, 15) is 0 Å². The fourth-order valence-corrected chi connectivity index (χ4v) is 3.42. The van der Waals surface area contributed by atoms with E-state index in [4.69, 9.17) is 4.74 Å². The highest BCUT2D eigenvalue weighted by molar-refractivity contribution is 6.83. The second kappa shape index (κ2) is 4.43. The molecule has 0 fully saturated rings. The van der Waals surface area contributed by atoms with Crippen molar-refractivity contribution in [2.45, 2.75) is 39.1 Å². The summed E-state index contributed by atoms with van der Waals surface area (Å²) in [4.78, 5) is 0. The van der Waals surface area contributed by atoms with E-state index in [1.165, 1.54) is 5.20 Å². The molecule has 0 N–H and O–H groups in total. The zero-order valence-corrected chi connectivity index (χ0v) is 12.9. The van der Waals surface area contributed by atoms with E-state index in [1.54, 1.807) is 0 Å². The average Bonchev–Trinajstić information content (AvgIpc) is 2.27. The standard InChI is InChI=1S/C16H22OSi/c1-16(2)12-14(18(3,4)5)11-15(17-16)13-9-7-6-8-10-13/h6-12H,1-5H3. The summed E-state index contributed by atoms with van der Waals surface area (Å²) >= 11 is 0. The molecule has 1 aromatic carbocycles. The molecule has 0 saturated carbocycles. The predicted octanol–water partition coefficient (Wildman–Crippen LogP) is 4.64. The Hall–Kier alpha value is -1.28. The highest BCUT2D eigenvalue weighted by Crippen LogP contribution is 2.34. The molecule has 0 saturated heterocycles. The van der Waals surface area contributed by atoms with Crippen LogP contribution in [-0.2, 0) is 4.74 Å². The third-order valence-electron chi connectivity index (χ3n) is 3.09. The first-order chi connectivity index (χ1) is 8.28. The van der Waals surface area contributed by atoms with Crippen molar-refractivity contribution in [3.8, 4) is 0 Å². The van der Waals surface area contributed by atoms with Gasteiger partial charge >= 0.3 is 0 Å². The summed E-state index contributed by atoms with van der Waals surface area (Å²) in [6, 6.07) is 10.4. The van der Waals surface area contributed by atoms with Crippen LogP contribution in [0.1, 0.15) is 19.4 Å². The smallest absolute Gasteiger partial charge is 0.127 e. The summed E-state index contributed by atoms with van der Waals surface area (Å²) in [6.07, 6.45) is 4.51. The van der Waals surface area contributed by atoms with Crippen LogP contribution in [0, 0.1) is 0 Å². The van der Waals surface area contributed by atoms with Gasteiger partial charge in [0.1, 0.15) is 11.4 Å². The summed E-state index contributed by atoms with van der Waals surface area (Å²) in [5, 5.41) is 1.47. The molecule has 0 atom stereocenters. The maximum absolute atomic E-state index is 6.09. The molecule has 96 valence electrons. The lowest BCUT2D eigenvalue weighted by molar-refractivity contribution is 0.123. The molecule has 0 unspecified atom stereocenters. The van der Waals surface area contributed by atoms with Crippen LogP contribution in [-0.4, -0.2) is 13.7 Å². The summed E-state index contributed by atoms with van der Waals surface area (Å²) in [5.41, 5.74) is 0.949. The van der Waals surface area contributed by atoms with Gasteiger partial charge in [0, 0.05) is 5.56 Å². The Kier molecular flexibility index (Phi) is 3.24. The molecule has 2 heteroatoms. The molecular weight excluding hydrogens is 236 g/mol. The molecular formula is C16H22OSi. The molecule has 1 aliphatic rings. The molecule has 0 amide bonds. The van der Waals surface area contributed by atoms with E-state index >= 15 is 0 Å². The Labute approximate surface area is 111 Å². The van der Waals surface area contributed by atoms with Gasteiger partial charge in [-0.1, -0.05) is 55.2 Å². The van der Waals surface area contributed by atoms with Crippen molar-refractivity contribution in [3.63, 3.8) is 0 Å². The van der Waals surface area contributed by atoms with E-state index < -0.39 is 8.07 Å². The maximum atomic E-state index is 6.09. The molecule has 1 nitrogen and oxygen atoms in total. The van der Waals surface area contributed by atoms with Crippen molar-refractivity contribution in [2.75, 3.05) is 0 Å². The van der Waals surface area contributed by atoms with Gasteiger partial charge in [0.2, 0.25) is 0 Å². The lowest BCUT2D eigenvalue weighted by Crippen LogP contribution is -2.31. The van der Waals surface area contributed by atoms with Crippen LogP contribution in [0.3, 0.4) is 0 Å². The van der Waals surface area contributed by atoms with Gasteiger partial charge in [-0.15, -0.1) is 0 Å². The first kappa shape index (κ1) is 13.2. The van der Waals surface area contributed by atoms with Crippen molar-refractivity contribution < 1.29 is 4.74 Å². The van der Waals surface area contributed by atoms with Gasteiger partial charge in [0.25, 0.3) is 0 Å². The Bertz CT molecular complexity index is 490. The molecule has 1 heterocycles. The van der Waals surface area contributed by atoms with E-state index in [2.05, 4.69) is 69.9 Å². The molecule has 1 aromatic rings. The lowest BCUT2D eigenvalue weighted by Gasteiger charge is -2.33. The van der Waals surface area contributed by atoms with Crippen LogP contribution >= 0.6 is 0 Å². The molecule has 0 aliphatic carbocycles. The molecule has 0 spiro atoms. The van der Waals surface area contributed by atoms with Crippen LogP contribution in [0.4, 0.5) is 0 Å². The average molecular weight is 258 g/mol. The largest absolute Gasteiger partial charge is 0.483 e. The van der Waals surface area contributed by atoms with Crippen LogP contribution in [0.25, 0.3) is 5.76 Å². The second-order valence-electron chi connectivity index (χ2n) is 6.43. The van der Waals surface area contributed by atoms with Crippen LogP contribution < -0.4 is 0 Å². The van der Waals surface area contributed by atoms with Crippen LogP contribution in [0.5, 0.6) is 0 Å². The van der Waals surface area contributed by atoms with Crippen molar-refractivity contribution in [3.05, 3.63) is 53.2 Å². The number of hydrogen-bond acceptors (Lipinski definition) is 1. The van der Waals surface area contributed by atoms with Gasteiger partial charge in [0.15, 0.2) is 0 Å². The van der Waals surface area contributed by atoms with Gasteiger partial charge < -0.3 is 4.74 Å². The molecule has 18 heavy (non-hydrogen) atoms. The van der Waals surface area contributed by atoms with Crippen molar-refractivity contribution in [2.24, 2.45) is 0 Å². The van der Waals surface area contributed by atoms with Gasteiger partial charge in [0.05, 0.1) is 8.07 Å². The Morgan fingerprint density at radius 2 is 1.61 bits per heavy atom. The zero-order valence-electron chi connectivity index (χ0n) is 11.9. The minimum absolute atomic E-state index is 0.213. The Morgan fingerprint density at radius 1 is 1.00 bits per heavy atom. The molecule has 0 bridgehead atoms. The number of hydrogen-bond donors (Lipinski definition) is 0. The first-order valence-electron chi connectivity index (χ1n) is 6.47. The summed E-state index contributed by atoms with van der Waals surface area (Å²) < 4.78 is 6.09. The number of ether oxygens (including phenoxy) is 1. The van der Waals surface area contributed by atoms with Gasteiger partial charge in [-0.05, 0) is 26.0 Å². The fourth-order valence-electron chi connectivity index (χ4n) is 2.08. The Balaban J connectivity index is 2.45. The van der Waals surface area contributed by atoms with Gasteiger partial charge in [-0.2, -0.15) is 0 Å². The quantitative estimate of drug-likeness (QED) is 0.702. The highest BCUT2D eigenvalue weighted by atomic mass is 28.3. The zero-order chi connectivity index (χ0) is 13.4. The maximum Gasteiger partial charge on any atom is 0.127 e. The van der Waals surface area contributed by atoms with Gasteiger partial charge in [-0.25, -0.2) is 0 Å². The molecule has 2 rings (SSSR count). The second-order valence-corrected chi connectivity index (χ2v) is 11.5. The summed E-state index contributed by atoms with van der Waals surface area (Å²) in [7, 11) is -1.32. The van der Waals surface area contributed by atoms with Crippen molar-refractivity contribution >= 4 is 13.8 Å². The SMILES string of the molecule is CC1(C)C=C([Si](C)(C)C)C=C(c2ccccc2)O1. The minimum atomic E-state index is -1.32. The van der Waals surface area contributed by atoms with Crippen LogP contribution in [0.2, 0.25) is 19.6 Å². The fraction of sp³-hybridized carbons (Fsp3) is 0.375. The van der Waals surface area contributed by atoms with E-state index in [-0.39, 0.29) is 5.60 Å². The van der Waals surface area contributed by atoms with Crippen LogP contribution in [0.15, 0.2) is 47.7 Å². The predicted molar refractivity (Wildman–Crippen MR) is 81.0 cm³/mol. The first-order valence-corrected chi connectivity index (χ1v) is 9.97. The molecule has 0 aromatic heterocycles. The minimum Gasteiger partial charge on any atom is -0.483 e. The number of rotatable bonds is 2. The number of allylic oxidation sites excluding steroid dienone is 2. The third kappa shape index (κ3) is 2.93. The normalized spacial score (nSPS) is 18.7. The van der Waals surface area contributed by atoms with Crippen molar-refractivity contribution in [1.29, 1.82) is 0 Å². The van der Waals surface area contributed by atoms with Gasteiger partial charge in [-0.3, -0.25) is 0 Å². The summed E-state index contributed by atoms with van der Waals surface area (Å²) in [6.45, 7) is 11.4. The van der Waals surface area contributed by atoms with E-state index in [0.717, 1.165) is 11.3 Å². The third-order valence-corrected chi connectivity index (χ3v) is 5.11. The highest BCUT2D eigenvalue weighted by Gasteiger charge is 2.29. The lowest BCUT2D eigenvalue weighted by atomic mass is 10.0. The Morgan fingerprint density at radius 3 is 2.17 bits per heavy atom. The molecule has 1 aliphatic heterocycles. The van der Waals surface area contributed by atoms with E-state index in [0.29, 0.717) is 0 Å². The number of benzene rings is 1. The summed E-state index contributed by atoms with van der Waals surface area (Å²) in [5.74, 6) is 1.00. The van der Waals surface area contributed by atoms with E-state index in [1.807, 2.05) is 6.07 Å².